The molecule has 0 fully saturated rings. The minimum absolute atomic E-state index is 0.00229. The first-order valence-electron chi connectivity index (χ1n) is 4.81. The number of aromatic nitrogens is 2. The zero-order valence-corrected chi connectivity index (χ0v) is 10.9. The number of halogens is 4. The van der Waals surface area contributed by atoms with Gasteiger partial charge in [-0.3, -0.25) is 0 Å². The molecule has 0 atom stereocenters. The SMILES string of the molecule is O=c1nc(-c2ccc(I)cc2)cc(C(F)(F)F)[nH]1. The van der Waals surface area contributed by atoms with Gasteiger partial charge in [0.25, 0.3) is 0 Å². The van der Waals surface area contributed by atoms with E-state index < -0.39 is 17.6 Å². The number of hydrogen-bond donors (Lipinski definition) is 1. The Morgan fingerprint density at radius 2 is 1.78 bits per heavy atom. The summed E-state index contributed by atoms with van der Waals surface area (Å²) in [6.45, 7) is 0. The maximum Gasteiger partial charge on any atom is 0.431 e. The first-order valence-corrected chi connectivity index (χ1v) is 5.88. The lowest BCUT2D eigenvalue weighted by Gasteiger charge is -2.07. The highest BCUT2D eigenvalue weighted by molar-refractivity contribution is 14.1. The van der Waals surface area contributed by atoms with Crippen LogP contribution in [0.2, 0.25) is 0 Å². The van der Waals surface area contributed by atoms with Crippen molar-refractivity contribution in [1.82, 2.24) is 9.97 Å². The summed E-state index contributed by atoms with van der Waals surface area (Å²) in [5.74, 6) is 0. The number of aromatic amines is 1. The van der Waals surface area contributed by atoms with Gasteiger partial charge in [-0.05, 0) is 40.8 Å². The van der Waals surface area contributed by atoms with Crippen LogP contribution in [0.3, 0.4) is 0 Å². The highest BCUT2D eigenvalue weighted by Gasteiger charge is 2.32. The average molecular weight is 366 g/mol. The van der Waals surface area contributed by atoms with Gasteiger partial charge in [-0.25, -0.2) is 4.79 Å². The molecule has 1 heterocycles. The van der Waals surface area contributed by atoms with E-state index in [1.807, 2.05) is 0 Å². The Morgan fingerprint density at radius 3 is 2.33 bits per heavy atom. The zero-order chi connectivity index (χ0) is 13.3. The molecule has 2 aromatic rings. The second-order valence-electron chi connectivity index (χ2n) is 3.49. The van der Waals surface area contributed by atoms with E-state index in [9.17, 15) is 18.0 Å². The van der Waals surface area contributed by atoms with E-state index in [-0.39, 0.29) is 5.69 Å². The number of nitrogens with zero attached hydrogens (tertiary/aromatic N) is 1. The second-order valence-corrected chi connectivity index (χ2v) is 4.74. The molecule has 0 spiro atoms. The normalized spacial score (nSPS) is 11.6. The van der Waals surface area contributed by atoms with Crippen molar-refractivity contribution < 1.29 is 13.2 Å². The lowest BCUT2D eigenvalue weighted by atomic mass is 10.1. The fourth-order valence-corrected chi connectivity index (χ4v) is 1.74. The number of alkyl halides is 3. The summed E-state index contributed by atoms with van der Waals surface area (Å²) in [5.41, 5.74) is -1.65. The van der Waals surface area contributed by atoms with E-state index in [4.69, 9.17) is 0 Å². The summed E-state index contributed by atoms with van der Waals surface area (Å²) in [5, 5.41) is 0. The Kier molecular flexibility index (Phi) is 3.42. The predicted octanol–water partition coefficient (Wildman–Crippen LogP) is 3.06. The van der Waals surface area contributed by atoms with Crippen molar-refractivity contribution in [3.05, 3.63) is 50.1 Å². The highest BCUT2D eigenvalue weighted by atomic mass is 127. The molecule has 1 N–H and O–H groups in total. The first-order chi connectivity index (χ1) is 8.36. The van der Waals surface area contributed by atoms with Crippen LogP contribution in [0.5, 0.6) is 0 Å². The molecule has 3 nitrogen and oxygen atoms in total. The van der Waals surface area contributed by atoms with Crippen LogP contribution < -0.4 is 5.69 Å². The van der Waals surface area contributed by atoms with Gasteiger partial charge >= 0.3 is 11.9 Å². The van der Waals surface area contributed by atoms with Crippen LogP contribution >= 0.6 is 22.6 Å². The van der Waals surface area contributed by atoms with Crippen LogP contribution in [0, 0.1) is 3.57 Å². The summed E-state index contributed by atoms with van der Waals surface area (Å²) in [7, 11) is 0. The maximum absolute atomic E-state index is 12.5. The molecule has 0 bridgehead atoms. The van der Waals surface area contributed by atoms with Crippen LogP contribution in [-0.4, -0.2) is 9.97 Å². The summed E-state index contributed by atoms with van der Waals surface area (Å²) < 4.78 is 38.5. The molecular formula is C11H6F3IN2O. The van der Waals surface area contributed by atoms with Crippen molar-refractivity contribution in [2.45, 2.75) is 6.18 Å². The van der Waals surface area contributed by atoms with Gasteiger partial charge in [0.15, 0.2) is 0 Å². The molecule has 1 aromatic heterocycles. The molecule has 0 aliphatic heterocycles. The van der Waals surface area contributed by atoms with Gasteiger partial charge in [-0.2, -0.15) is 18.2 Å². The molecule has 0 saturated carbocycles. The second kappa shape index (κ2) is 4.71. The highest BCUT2D eigenvalue weighted by Crippen LogP contribution is 2.28. The Balaban J connectivity index is 2.55. The molecule has 1 aromatic carbocycles. The Labute approximate surface area is 113 Å². The zero-order valence-electron chi connectivity index (χ0n) is 8.75. The summed E-state index contributed by atoms with van der Waals surface area (Å²) in [6, 6.07) is 7.51. The smallest absolute Gasteiger partial charge is 0.302 e. The van der Waals surface area contributed by atoms with Crippen LogP contribution in [-0.2, 0) is 6.18 Å². The minimum Gasteiger partial charge on any atom is -0.302 e. The van der Waals surface area contributed by atoms with Crippen molar-refractivity contribution in [2.24, 2.45) is 0 Å². The summed E-state index contributed by atoms with van der Waals surface area (Å²) in [4.78, 5) is 16.3. The van der Waals surface area contributed by atoms with Gasteiger partial charge in [-0.1, -0.05) is 12.1 Å². The number of nitrogens with one attached hydrogen (secondary N) is 1. The fourth-order valence-electron chi connectivity index (χ4n) is 1.38. The molecule has 0 aliphatic carbocycles. The van der Waals surface area contributed by atoms with E-state index in [1.165, 1.54) is 0 Å². The van der Waals surface area contributed by atoms with Gasteiger partial charge in [0.05, 0.1) is 5.69 Å². The maximum atomic E-state index is 12.5. The van der Waals surface area contributed by atoms with Crippen molar-refractivity contribution in [1.29, 1.82) is 0 Å². The molecule has 18 heavy (non-hydrogen) atoms. The van der Waals surface area contributed by atoms with Gasteiger partial charge < -0.3 is 4.98 Å². The molecule has 2 rings (SSSR count). The van der Waals surface area contributed by atoms with Crippen LogP contribution in [0.1, 0.15) is 5.69 Å². The molecule has 94 valence electrons. The van der Waals surface area contributed by atoms with E-state index in [1.54, 1.807) is 29.2 Å². The Hall–Kier alpha value is -1.38. The Bertz CT molecular complexity index is 619. The predicted molar refractivity (Wildman–Crippen MR) is 68.0 cm³/mol. The van der Waals surface area contributed by atoms with Crippen molar-refractivity contribution in [3.63, 3.8) is 0 Å². The quantitative estimate of drug-likeness (QED) is 0.789. The van der Waals surface area contributed by atoms with Crippen LogP contribution in [0.25, 0.3) is 11.3 Å². The van der Waals surface area contributed by atoms with Gasteiger partial charge in [0, 0.05) is 9.13 Å². The van der Waals surface area contributed by atoms with E-state index in [2.05, 4.69) is 27.6 Å². The average Bonchev–Trinajstić information content (AvgIpc) is 2.28. The van der Waals surface area contributed by atoms with Crippen LogP contribution in [0.15, 0.2) is 35.1 Å². The lowest BCUT2D eigenvalue weighted by Crippen LogP contribution is -2.19. The van der Waals surface area contributed by atoms with Crippen molar-refractivity contribution in [2.75, 3.05) is 0 Å². The molecule has 0 unspecified atom stereocenters. The number of benzene rings is 1. The summed E-state index contributed by atoms with van der Waals surface area (Å²) in [6.07, 6.45) is -4.60. The van der Waals surface area contributed by atoms with Gasteiger partial charge in [0.2, 0.25) is 0 Å². The number of H-pyrrole nitrogens is 1. The monoisotopic (exact) mass is 366 g/mol. The molecule has 0 aliphatic rings. The lowest BCUT2D eigenvalue weighted by molar-refractivity contribution is -0.141. The molecule has 0 amide bonds. The van der Waals surface area contributed by atoms with Crippen LogP contribution in [0.4, 0.5) is 13.2 Å². The number of hydrogen-bond acceptors (Lipinski definition) is 2. The first kappa shape index (κ1) is 13.1. The fraction of sp³-hybridized carbons (Fsp3) is 0.0909. The molecule has 0 radical (unpaired) electrons. The van der Waals surface area contributed by atoms with E-state index in [0.717, 1.165) is 9.64 Å². The number of rotatable bonds is 1. The third-order valence-electron chi connectivity index (χ3n) is 2.19. The molecular weight excluding hydrogens is 360 g/mol. The largest absolute Gasteiger partial charge is 0.431 e. The molecule has 0 saturated heterocycles. The van der Waals surface area contributed by atoms with E-state index in [0.29, 0.717) is 5.56 Å². The third-order valence-corrected chi connectivity index (χ3v) is 2.91. The van der Waals surface area contributed by atoms with Crippen molar-refractivity contribution in [3.8, 4) is 11.3 Å². The Morgan fingerprint density at radius 1 is 1.17 bits per heavy atom. The third kappa shape index (κ3) is 2.89. The topological polar surface area (TPSA) is 45.8 Å². The van der Waals surface area contributed by atoms with Crippen molar-refractivity contribution >= 4 is 22.6 Å². The van der Waals surface area contributed by atoms with Gasteiger partial charge in [-0.15, -0.1) is 0 Å². The summed E-state index contributed by atoms with van der Waals surface area (Å²) >= 11 is 2.07. The van der Waals surface area contributed by atoms with E-state index >= 15 is 0 Å². The minimum atomic E-state index is -4.60. The molecule has 7 heteroatoms. The van der Waals surface area contributed by atoms with Gasteiger partial charge in [0.1, 0.15) is 5.69 Å². The standard InChI is InChI=1S/C11H6F3IN2O/c12-11(13,14)9-5-8(16-10(18)17-9)6-1-3-7(15)4-2-6/h1-5H,(H,16,17,18).